The second-order valence-corrected chi connectivity index (χ2v) is 6.50. The van der Waals surface area contributed by atoms with Gasteiger partial charge in [-0.3, -0.25) is 0 Å². The van der Waals surface area contributed by atoms with Crippen LogP contribution in [0.15, 0.2) is 18.2 Å². The maximum atomic E-state index is 6.15. The number of hydrogen-bond donors (Lipinski definition) is 1. The van der Waals surface area contributed by atoms with E-state index in [9.17, 15) is 0 Å². The van der Waals surface area contributed by atoms with Gasteiger partial charge < -0.3 is 9.88 Å². The number of aromatic nitrogens is 2. The van der Waals surface area contributed by atoms with Crippen LogP contribution >= 0.6 is 11.6 Å². The Labute approximate surface area is 131 Å². The molecule has 0 aliphatic carbocycles. The number of piperidine rings is 1. The van der Waals surface area contributed by atoms with Crippen LogP contribution in [0.2, 0.25) is 5.02 Å². The fourth-order valence-electron chi connectivity index (χ4n) is 3.31. The van der Waals surface area contributed by atoms with Crippen molar-refractivity contribution < 1.29 is 0 Å². The molecule has 1 unspecified atom stereocenters. The molecule has 1 N–H and O–H groups in total. The minimum absolute atomic E-state index is 0.794. The molecule has 4 heteroatoms. The highest BCUT2D eigenvalue weighted by Gasteiger charge is 2.16. The molecule has 1 fully saturated rings. The van der Waals surface area contributed by atoms with Crippen molar-refractivity contribution in [3.8, 4) is 0 Å². The molecule has 0 amide bonds. The number of nitrogens with one attached hydrogen (secondary N) is 1. The van der Waals surface area contributed by atoms with Crippen LogP contribution in [0.4, 0.5) is 0 Å². The van der Waals surface area contributed by atoms with Crippen molar-refractivity contribution in [1.82, 2.24) is 14.9 Å². The van der Waals surface area contributed by atoms with Gasteiger partial charge in [-0.2, -0.15) is 0 Å². The van der Waals surface area contributed by atoms with E-state index >= 15 is 0 Å². The molecule has 1 saturated heterocycles. The average molecular weight is 306 g/mol. The van der Waals surface area contributed by atoms with E-state index in [1.54, 1.807) is 0 Å². The van der Waals surface area contributed by atoms with Gasteiger partial charge in [0.1, 0.15) is 5.82 Å². The normalized spacial score (nSPS) is 19.2. The zero-order valence-electron chi connectivity index (χ0n) is 12.7. The van der Waals surface area contributed by atoms with Crippen LogP contribution in [0.3, 0.4) is 0 Å². The summed E-state index contributed by atoms with van der Waals surface area (Å²) in [6, 6.07) is 6.02. The van der Waals surface area contributed by atoms with E-state index in [0.29, 0.717) is 0 Å². The second kappa shape index (κ2) is 6.80. The monoisotopic (exact) mass is 305 g/mol. The predicted octanol–water partition coefficient (Wildman–Crippen LogP) is 4.03. The molecule has 0 radical (unpaired) electrons. The standard InChI is InChI=1S/C17H24ClN3/c1-2-10-21-16-11-14(18)6-7-15(16)20-17(21)8-5-13-4-3-9-19-12-13/h6-7,11,13,19H,2-5,8-10,12H2,1H3. The van der Waals surface area contributed by atoms with Crippen molar-refractivity contribution in [2.24, 2.45) is 5.92 Å². The summed E-state index contributed by atoms with van der Waals surface area (Å²) in [7, 11) is 0. The summed E-state index contributed by atoms with van der Waals surface area (Å²) >= 11 is 6.15. The van der Waals surface area contributed by atoms with E-state index in [0.717, 1.165) is 35.8 Å². The molecule has 114 valence electrons. The zero-order chi connectivity index (χ0) is 14.7. The molecule has 0 spiro atoms. The Balaban J connectivity index is 1.81. The first-order chi connectivity index (χ1) is 10.3. The van der Waals surface area contributed by atoms with E-state index in [1.165, 1.54) is 43.7 Å². The van der Waals surface area contributed by atoms with Crippen LogP contribution < -0.4 is 5.32 Å². The average Bonchev–Trinajstić information content (AvgIpc) is 2.84. The lowest BCUT2D eigenvalue weighted by atomic mass is 9.94. The number of fused-ring (bicyclic) bond motifs is 1. The molecule has 1 aromatic heterocycles. The van der Waals surface area contributed by atoms with Crippen LogP contribution in [0, 0.1) is 5.92 Å². The third-order valence-corrected chi connectivity index (χ3v) is 4.65. The van der Waals surface area contributed by atoms with Crippen molar-refractivity contribution in [1.29, 1.82) is 0 Å². The Kier molecular flexibility index (Phi) is 4.81. The maximum absolute atomic E-state index is 6.15. The summed E-state index contributed by atoms with van der Waals surface area (Å²) in [6.07, 6.45) is 6.08. The molecule has 3 nitrogen and oxygen atoms in total. The molecule has 2 aromatic rings. The first-order valence-electron chi connectivity index (χ1n) is 8.13. The van der Waals surface area contributed by atoms with Gasteiger partial charge in [0.05, 0.1) is 11.0 Å². The Morgan fingerprint density at radius 3 is 3.10 bits per heavy atom. The van der Waals surface area contributed by atoms with Crippen LogP contribution in [-0.4, -0.2) is 22.6 Å². The molecule has 1 aliphatic rings. The van der Waals surface area contributed by atoms with Crippen molar-refractivity contribution in [3.63, 3.8) is 0 Å². The summed E-state index contributed by atoms with van der Waals surface area (Å²) in [5.41, 5.74) is 2.26. The maximum Gasteiger partial charge on any atom is 0.109 e. The van der Waals surface area contributed by atoms with Gasteiger partial charge in [-0.25, -0.2) is 4.98 Å². The molecular weight excluding hydrogens is 282 g/mol. The third-order valence-electron chi connectivity index (χ3n) is 4.41. The molecule has 1 aromatic carbocycles. The topological polar surface area (TPSA) is 29.9 Å². The summed E-state index contributed by atoms with van der Waals surface area (Å²) < 4.78 is 2.36. The lowest BCUT2D eigenvalue weighted by Gasteiger charge is -2.22. The summed E-state index contributed by atoms with van der Waals surface area (Å²) in [5.74, 6) is 2.02. The van der Waals surface area contributed by atoms with Gasteiger partial charge >= 0.3 is 0 Å². The lowest BCUT2D eigenvalue weighted by molar-refractivity contribution is 0.354. The highest BCUT2D eigenvalue weighted by Crippen LogP contribution is 2.23. The Bertz CT molecular complexity index is 599. The Hall–Kier alpha value is -1.06. The van der Waals surface area contributed by atoms with Crippen molar-refractivity contribution in [3.05, 3.63) is 29.0 Å². The minimum Gasteiger partial charge on any atom is -0.328 e. The van der Waals surface area contributed by atoms with Gasteiger partial charge in [0.25, 0.3) is 0 Å². The molecular formula is C17H24ClN3. The summed E-state index contributed by atoms with van der Waals surface area (Å²) in [5, 5.41) is 4.29. The van der Waals surface area contributed by atoms with Gasteiger partial charge in [-0.15, -0.1) is 0 Å². The summed E-state index contributed by atoms with van der Waals surface area (Å²) in [4.78, 5) is 4.84. The molecule has 0 saturated carbocycles. The van der Waals surface area contributed by atoms with Gasteiger partial charge in [0.2, 0.25) is 0 Å². The molecule has 21 heavy (non-hydrogen) atoms. The molecule has 1 atom stereocenters. The van der Waals surface area contributed by atoms with Crippen LogP contribution in [-0.2, 0) is 13.0 Å². The van der Waals surface area contributed by atoms with E-state index in [4.69, 9.17) is 16.6 Å². The third kappa shape index (κ3) is 3.41. The number of rotatable bonds is 5. The van der Waals surface area contributed by atoms with Crippen LogP contribution in [0.1, 0.15) is 38.4 Å². The summed E-state index contributed by atoms with van der Waals surface area (Å²) in [6.45, 7) is 5.59. The smallest absolute Gasteiger partial charge is 0.109 e. The van der Waals surface area contributed by atoms with E-state index in [1.807, 2.05) is 18.2 Å². The Morgan fingerprint density at radius 2 is 2.33 bits per heavy atom. The van der Waals surface area contributed by atoms with Crippen molar-refractivity contribution >= 4 is 22.6 Å². The molecule has 3 rings (SSSR count). The predicted molar refractivity (Wildman–Crippen MR) is 88.9 cm³/mol. The number of halogens is 1. The van der Waals surface area contributed by atoms with Crippen molar-refractivity contribution in [2.75, 3.05) is 13.1 Å². The minimum atomic E-state index is 0.794. The second-order valence-electron chi connectivity index (χ2n) is 6.06. The largest absolute Gasteiger partial charge is 0.328 e. The fraction of sp³-hybridized carbons (Fsp3) is 0.588. The highest BCUT2D eigenvalue weighted by molar-refractivity contribution is 6.31. The molecule has 1 aliphatic heterocycles. The number of benzene rings is 1. The SMILES string of the molecule is CCCn1c(CCC2CCCNC2)nc2ccc(Cl)cc21. The first kappa shape index (κ1) is 14.9. The van der Waals surface area contributed by atoms with Gasteiger partial charge in [0, 0.05) is 18.0 Å². The van der Waals surface area contributed by atoms with Gasteiger partial charge in [-0.05, 0) is 62.9 Å². The molecule has 2 heterocycles. The number of nitrogens with zero attached hydrogens (tertiary/aromatic N) is 2. The number of aryl methyl sites for hydroxylation is 2. The fourth-order valence-corrected chi connectivity index (χ4v) is 3.48. The number of imidazole rings is 1. The Morgan fingerprint density at radius 1 is 1.43 bits per heavy atom. The van der Waals surface area contributed by atoms with Crippen LogP contribution in [0.5, 0.6) is 0 Å². The first-order valence-corrected chi connectivity index (χ1v) is 8.51. The number of hydrogen-bond acceptors (Lipinski definition) is 2. The van der Waals surface area contributed by atoms with E-state index in [-0.39, 0.29) is 0 Å². The van der Waals surface area contributed by atoms with E-state index < -0.39 is 0 Å². The van der Waals surface area contributed by atoms with Gasteiger partial charge in [0.15, 0.2) is 0 Å². The van der Waals surface area contributed by atoms with Crippen molar-refractivity contribution in [2.45, 2.75) is 45.6 Å². The zero-order valence-corrected chi connectivity index (χ0v) is 13.5. The van der Waals surface area contributed by atoms with Crippen LogP contribution in [0.25, 0.3) is 11.0 Å². The van der Waals surface area contributed by atoms with Gasteiger partial charge in [-0.1, -0.05) is 18.5 Å². The van der Waals surface area contributed by atoms with E-state index in [2.05, 4.69) is 16.8 Å². The molecule has 0 bridgehead atoms. The highest BCUT2D eigenvalue weighted by atomic mass is 35.5. The lowest BCUT2D eigenvalue weighted by Crippen LogP contribution is -2.30. The quantitative estimate of drug-likeness (QED) is 0.904.